The average molecular weight is 216 g/mol. The largest absolute Gasteiger partial charge is 0.513 e. The number of aromatic nitrogens is 2. The van der Waals surface area contributed by atoms with E-state index in [1.807, 2.05) is 0 Å². The zero-order valence-corrected chi connectivity index (χ0v) is 8.15. The zero-order valence-electron chi connectivity index (χ0n) is 6.51. The monoisotopic (exact) mass is 216 g/mol. The summed E-state index contributed by atoms with van der Waals surface area (Å²) in [6.07, 6.45) is -0.729. The van der Waals surface area contributed by atoms with Crippen molar-refractivity contribution in [2.24, 2.45) is 0 Å². The fourth-order valence-electron chi connectivity index (χ4n) is 0.775. The molecule has 0 saturated carbocycles. The minimum atomic E-state index is -0.729. The van der Waals surface area contributed by atoms with Crippen LogP contribution in [-0.2, 0) is 4.74 Å². The van der Waals surface area contributed by atoms with Gasteiger partial charge in [-0.25, -0.2) is 4.79 Å². The number of carbonyl (C=O) groups excluding carboxylic acids is 1. The third-order valence-electron chi connectivity index (χ3n) is 1.32. The van der Waals surface area contributed by atoms with E-state index in [4.69, 9.17) is 4.74 Å². The smallest absolute Gasteiger partial charge is 0.437 e. The van der Waals surface area contributed by atoms with Crippen molar-refractivity contribution in [3.05, 3.63) is 5.38 Å². The summed E-state index contributed by atoms with van der Waals surface area (Å²) < 4.78 is 13.7. The highest BCUT2D eigenvalue weighted by Crippen LogP contribution is 2.33. The van der Waals surface area contributed by atoms with Crippen LogP contribution in [0.3, 0.4) is 0 Å². The Morgan fingerprint density at radius 2 is 2.46 bits per heavy atom. The average Bonchev–Trinajstić information content (AvgIpc) is 2.69. The van der Waals surface area contributed by atoms with E-state index in [1.54, 1.807) is 5.38 Å². The first-order valence-electron chi connectivity index (χ1n) is 3.26. The van der Waals surface area contributed by atoms with Crippen molar-refractivity contribution in [3.8, 4) is 5.75 Å². The highest BCUT2D eigenvalue weighted by molar-refractivity contribution is 7.24. The Hall–Kier alpha value is -1.21. The van der Waals surface area contributed by atoms with E-state index in [2.05, 4.69) is 14.3 Å². The summed E-state index contributed by atoms with van der Waals surface area (Å²) in [5.74, 6) is 0.460. The van der Waals surface area contributed by atoms with Crippen LogP contribution in [0.15, 0.2) is 5.38 Å². The number of fused-ring (bicyclic) bond motifs is 1. The Kier molecular flexibility index (Phi) is 2.11. The maximum Gasteiger partial charge on any atom is 0.513 e. The number of methoxy groups -OCH3 is 1. The van der Waals surface area contributed by atoms with Crippen LogP contribution in [0.5, 0.6) is 5.75 Å². The van der Waals surface area contributed by atoms with Gasteiger partial charge in [-0.1, -0.05) is 4.49 Å². The predicted molar refractivity (Wildman–Crippen MR) is 48.3 cm³/mol. The highest BCUT2D eigenvalue weighted by atomic mass is 32.1. The van der Waals surface area contributed by atoms with Gasteiger partial charge < -0.3 is 9.47 Å². The first kappa shape index (κ1) is 8.39. The number of thiophene rings is 1. The molecule has 0 unspecified atom stereocenters. The summed E-state index contributed by atoms with van der Waals surface area (Å²) in [6.45, 7) is 0. The van der Waals surface area contributed by atoms with Crippen molar-refractivity contribution >= 4 is 38.6 Å². The van der Waals surface area contributed by atoms with Gasteiger partial charge in [-0.3, -0.25) is 0 Å². The molecule has 0 aliphatic carbocycles. The summed E-state index contributed by atoms with van der Waals surface area (Å²) in [6, 6.07) is 0. The molecule has 5 nitrogen and oxygen atoms in total. The second kappa shape index (κ2) is 3.27. The van der Waals surface area contributed by atoms with Crippen molar-refractivity contribution in [2.75, 3.05) is 7.11 Å². The van der Waals surface area contributed by atoms with Crippen LogP contribution in [0.25, 0.3) is 9.53 Å². The Bertz CT molecular complexity index is 436. The van der Waals surface area contributed by atoms with E-state index in [1.165, 1.54) is 30.0 Å². The lowest BCUT2D eigenvalue weighted by Gasteiger charge is -1.97. The van der Waals surface area contributed by atoms with Gasteiger partial charge in [-0.2, -0.15) is 0 Å². The minimum Gasteiger partial charge on any atom is -0.437 e. The molecule has 0 radical (unpaired) electrons. The quantitative estimate of drug-likeness (QED) is 0.681. The van der Waals surface area contributed by atoms with Crippen LogP contribution >= 0.6 is 22.9 Å². The summed E-state index contributed by atoms with van der Waals surface area (Å²) >= 11 is 2.57. The van der Waals surface area contributed by atoms with E-state index in [0.717, 1.165) is 9.53 Å². The SMILES string of the molecule is COC(=O)Oc1csc2nnsc12. The lowest BCUT2D eigenvalue weighted by molar-refractivity contribution is 0.122. The highest BCUT2D eigenvalue weighted by Gasteiger charge is 2.12. The molecule has 13 heavy (non-hydrogen) atoms. The van der Waals surface area contributed by atoms with Crippen molar-refractivity contribution in [1.29, 1.82) is 0 Å². The van der Waals surface area contributed by atoms with E-state index in [-0.39, 0.29) is 0 Å². The van der Waals surface area contributed by atoms with E-state index in [9.17, 15) is 4.79 Å². The van der Waals surface area contributed by atoms with Crippen LogP contribution < -0.4 is 4.74 Å². The van der Waals surface area contributed by atoms with Gasteiger partial charge in [-0.05, 0) is 11.5 Å². The van der Waals surface area contributed by atoms with Crippen LogP contribution in [0, 0.1) is 0 Å². The summed E-state index contributed by atoms with van der Waals surface area (Å²) in [7, 11) is 1.26. The number of nitrogens with zero attached hydrogens (tertiary/aromatic N) is 2. The second-order valence-corrected chi connectivity index (χ2v) is 3.68. The maximum atomic E-state index is 10.8. The van der Waals surface area contributed by atoms with Gasteiger partial charge in [0.25, 0.3) is 0 Å². The third-order valence-corrected chi connectivity index (χ3v) is 3.03. The third kappa shape index (κ3) is 1.47. The number of hydrogen-bond acceptors (Lipinski definition) is 7. The van der Waals surface area contributed by atoms with Gasteiger partial charge in [0.15, 0.2) is 10.6 Å². The molecule has 0 fully saturated rings. The lowest BCUT2D eigenvalue weighted by atomic mass is 10.6. The van der Waals surface area contributed by atoms with E-state index in [0.29, 0.717) is 5.75 Å². The molecule has 0 spiro atoms. The summed E-state index contributed by atoms with van der Waals surface area (Å²) in [4.78, 5) is 11.5. The van der Waals surface area contributed by atoms with Crippen molar-refractivity contribution in [3.63, 3.8) is 0 Å². The van der Waals surface area contributed by atoms with E-state index < -0.39 is 6.16 Å². The van der Waals surface area contributed by atoms with Crippen molar-refractivity contribution in [1.82, 2.24) is 9.59 Å². The maximum absolute atomic E-state index is 10.8. The van der Waals surface area contributed by atoms with Gasteiger partial charge in [0, 0.05) is 5.38 Å². The molecule has 2 heterocycles. The Morgan fingerprint density at radius 1 is 1.62 bits per heavy atom. The lowest BCUT2D eigenvalue weighted by Crippen LogP contribution is -2.06. The van der Waals surface area contributed by atoms with Crippen LogP contribution in [-0.4, -0.2) is 22.9 Å². The normalized spacial score (nSPS) is 10.2. The molecule has 7 heteroatoms. The van der Waals surface area contributed by atoms with Gasteiger partial charge >= 0.3 is 6.16 Å². The zero-order chi connectivity index (χ0) is 9.26. The van der Waals surface area contributed by atoms with Gasteiger partial charge in [0.1, 0.15) is 4.70 Å². The van der Waals surface area contributed by atoms with Crippen molar-refractivity contribution in [2.45, 2.75) is 0 Å². The second-order valence-electron chi connectivity index (χ2n) is 2.06. The van der Waals surface area contributed by atoms with Gasteiger partial charge in [-0.15, -0.1) is 16.4 Å². The summed E-state index contributed by atoms with van der Waals surface area (Å²) in [5, 5.41) is 5.53. The molecule has 0 N–H and O–H groups in total. The fraction of sp³-hybridized carbons (Fsp3) is 0.167. The fourth-order valence-corrected chi connectivity index (χ4v) is 2.35. The predicted octanol–water partition coefficient (Wildman–Crippen LogP) is 1.90. The van der Waals surface area contributed by atoms with Gasteiger partial charge in [0.05, 0.1) is 7.11 Å². The molecule has 2 rings (SSSR count). The van der Waals surface area contributed by atoms with Gasteiger partial charge in [0.2, 0.25) is 0 Å². The molecule has 2 aromatic rings. The molecular formula is C6H4N2O3S2. The topological polar surface area (TPSA) is 61.3 Å². The molecule has 0 bridgehead atoms. The Labute approximate surface area is 81.1 Å². The molecule has 0 saturated heterocycles. The van der Waals surface area contributed by atoms with Crippen molar-refractivity contribution < 1.29 is 14.3 Å². The van der Waals surface area contributed by atoms with Crippen LogP contribution in [0.1, 0.15) is 0 Å². The van der Waals surface area contributed by atoms with Crippen LogP contribution in [0.2, 0.25) is 0 Å². The molecule has 0 aliphatic heterocycles. The van der Waals surface area contributed by atoms with Crippen LogP contribution in [0.4, 0.5) is 4.79 Å². The standard InChI is InChI=1S/C6H4N2O3S2/c1-10-6(9)11-3-2-12-5-4(3)13-8-7-5/h2H,1H3. The molecule has 0 atom stereocenters. The number of carbonyl (C=O) groups is 1. The van der Waals surface area contributed by atoms with E-state index >= 15 is 0 Å². The number of hydrogen-bond donors (Lipinski definition) is 0. The Balaban J connectivity index is 2.33. The minimum absolute atomic E-state index is 0.460. The number of ether oxygens (including phenoxy) is 2. The molecule has 0 aromatic carbocycles. The molecule has 2 aromatic heterocycles. The molecule has 0 amide bonds. The molecule has 68 valence electrons. The number of rotatable bonds is 1. The first-order chi connectivity index (χ1) is 6.31. The molecule has 0 aliphatic rings. The Morgan fingerprint density at radius 3 is 3.23 bits per heavy atom. The first-order valence-corrected chi connectivity index (χ1v) is 4.92. The summed E-state index contributed by atoms with van der Waals surface area (Å²) in [5.41, 5.74) is 0. The molecular weight excluding hydrogens is 212 g/mol.